The molecule has 0 aliphatic heterocycles. The van der Waals surface area contributed by atoms with E-state index < -0.39 is 0 Å². The van der Waals surface area contributed by atoms with Crippen molar-refractivity contribution in [1.29, 1.82) is 0 Å². The molecule has 1 unspecified atom stereocenters. The van der Waals surface area contributed by atoms with Gasteiger partial charge in [-0.25, -0.2) is 0 Å². The van der Waals surface area contributed by atoms with E-state index in [4.69, 9.17) is 11.6 Å². The highest BCUT2D eigenvalue weighted by Gasteiger charge is 2.21. The third kappa shape index (κ3) is 3.48. The van der Waals surface area contributed by atoms with Crippen molar-refractivity contribution in [2.75, 3.05) is 0 Å². The number of alkyl halides is 1. The minimum absolute atomic E-state index is 0.271. The number of pyridine rings is 1. The Morgan fingerprint density at radius 2 is 1.94 bits per heavy atom. The zero-order chi connectivity index (χ0) is 11.2. The van der Waals surface area contributed by atoms with Gasteiger partial charge in [-0.05, 0) is 30.9 Å². The van der Waals surface area contributed by atoms with Crippen LogP contribution in [-0.2, 0) is 6.42 Å². The van der Waals surface area contributed by atoms with Crippen molar-refractivity contribution in [1.82, 2.24) is 4.98 Å². The first-order chi connectivity index (χ1) is 7.86. The lowest BCUT2D eigenvalue weighted by Crippen LogP contribution is -2.17. The SMILES string of the molecule is ClC(Cc1ccccn1)C1CCCCCC1. The van der Waals surface area contributed by atoms with E-state index >= 15 is 0 Å². The molecule has 1 atom stereocenters. The Labute approximate surface area is 103 Å². The summed E-state index contributed by atoms with van der Waals surface area (Å²) >= 11 is 6.53. The zero-order valence-corrected chi connectivity index (χ0v) is 10.5. The number of nitrogens with zero attached hydrogens (tertiary/aromatic N) is 1. The molecule has 88 valence electrons. The standard InChI is InChI=1S/C14H20ClN/c15-14(11-13-9-5-6-10-16-13)12-7-3-1-2-4-8-12/h5-6,9-10,12,14H,1-4,7-8,11H2. The summed E-state index contributed by atoms with van der Waals surface area (Å²) in [4.78, 5) is 4.35. The van der Waals surface area contributed by atoms with Crippen LogP contribution < -0.4 is 0 Å². The van der Waals surface area contributed by atoms with Crippen molar-refractivity contribution in [3.63, 3.8) is 0 Å². The first kappa shape index (κ1) is 11.9. The lowest BCUT2D eigenvalue weighted by molar-refractivity contribution is 0.433. The van der Waals surface area contributed by atoms with Gasteiger partial charge < -0.3 is 0 Å². The highest BCUT2D eigenvalue weighted by molar-refractivity contribution is 6.20. The van der Waals surface area contributed by atoms with E-state index in [2.05, 4.69) is 11.1 Å². The zero-order valence-electron chi connectivity index (χ0n) is 9.74. The van der Waals surface area contributed by atoms with E-state index in [0.717, 1.165) is 12.1 Å². The fourth-order valence-corrected chi connectivity index (χ4v) is 2.97. The second-order valence-electron chi connectivity index (χ2n) is 4.79. The lowest BCUT2D eigenvalue weighted by Gasteiger charge is -2.19. The molecule has 1 aliphatic carbocycles. The van der Waals surface area contributed by atoms with Gasteiger partial charge in [0.2, 0.25) is 0 Å². The van der Waals surface area contributed by atoms with Crippen LogP contribution in [-0.4, -0.2) is 10.4 Å². The summed E-state index contributed by atoms with van der Waals surface area (Å²) in [5.41, 5.74) is 1.13. The number of hydrogen-bond donors (Lipinski definition) is 0. The maximum Gasteiger partial charge on any atom is 0.0419 e. The maximum absolute atomic E-state index is 6.53. The normalized spacial score (nSPS) is 20.3. The summed E-state index contributed by atoms with van der Waals surface area (Å²) in [5.74, 6) is 0.700. The largest absolute Gasteiger partial charge is 0.261 e. The van der Waals surface area contributed by atoms with Crippen molar-refractivity contribution in [2.45, 2.75) is 50.3 Å². The molecule has 1 fully saturated rings. The first-order valence-corrected chi connectivity index (χ1v) is 6.84. The van der Waals surface area contributed by atoms with E-state index in [-0.39, 0.29) is 5.38 Å². The maximum atomic E-state index is 6.53. The summed E-state index contributed by atoms with van der Waals surface area (Å²) in [6.45, 7) is 0. The quantitative estimate of drug-likeness (QED) is 0.567. The summed E-state index contributed by atoms with van der Waals surface area (Å²) in [5, 5.41) is 0.271. The highest BCUT2D eigenvalue weighted by Crippen LogP contribution is 2.29. The summed E-state index contributed by atoms with van der Waals surface area (Å²) in [6.07, 6.45) is 10.9. The van der Waals surface area contributed by atoms with Gasteiger partial charge in [0.25, 0.3) is 0 Å². The molecular formula is C14H20ClN. The minimum atomic E-state index is 0.271. The van der Waals surface area contributed by atoms with Crippen LogP contribution in [0.1, 0.15) is 44.2 Å². The third-order valence-electron chi connectivity index (χ3n) is 3.54. The predicted molar refractivity (Wildman–Crippen MR) is 68.8 cm³/mol. The molecule has 0 aromatic carbocycles. The van der Waals surface area contributed by atoms with Gasteiger partial charge in [0, 0.05) is 23.7 Å². The van der Waals surface area contributed by atoms with Crippen LogP contribution in [0.25, 0.3) is 0 Å². The monoisotopic (exact) mass is 237 g/mol. The van der Waals surface area contributed by atoms with Crippen LogP contribution in [0.3, 0.4) is 0 Å². The molecule has 1 aromatic rings. The highest BCUT2D eigenvalue weighted by atomic mass is 35.5. The average molecular weight is 238 g/mol. The van der Waals surface area contributed by atoms with Gasteiger partial charge >= 0.3 is 0 Å². The van der Waals surface area contributed by atoms with Crippen molar-refractivity contribution in [3.05, 3.63) is 30.1 Å². The molecule has 16 heavy (non-hydrogen) atoms. The van der Waals surface area contributed by atoms with Crippen LogP contribution in [0.4, 0.5) is 0 Å². The van der Waals surface area contributed by atoms with Crippen molar-refractivity contribution < 1.29 is 0 Å². The van der Waals surface area contributed by atoms with E-state index in [0.29, 0.717) is 5.92 Å². The van der Waals surface area contributed by atoms with E-state index in [1.54, 1.807) is 0 Å². The van der Waals surface area contributed by atoms with Crippen LogP contribution >= 0.6 is 11.6 Å². The third-order valence-corrected chi connectivity index (χ3v) is 4.05. The van der Waals surface area contributed by atoms with E-state index in [1.807, 2.05) is 18.3 Å². The molecular weight excluding hydrogens is 218 g/mol. The fraction of sp³-hybridized carbons (Fsp3) is 0.643. The summed E-state index contributed by atoms with van der Waals surface area (Å²) in [7, 11) is 0. The molecule has 0 bridgehead atoms. The molecule has 1 saturated carbocycles. The van der Waals surface area contributed by atoms with Gasteiger partial charge in [-0.2, -0.15) is 0 Å². The van der Waals surface area contributed by atoms with Crippen molar-refractivity contribution in [3.8, 4) is 0 Å². The Morgan fingerprint density at radius 1 is 1.19 bits per heavy atom. The van der Waals surface area contributed by atoms with Crippen LogP contribution in [0, 0.1) is 5.92 Å². The minimum Gasteiger partial charge on any atom is -0.261 e. The van der Waals surface area contributed by atoms with Gasteiger partial charge in [0.15, 0.2) is 0 Å². The fourth-order valence-electron chi connectivity index (χ4n) is 2.56. The number of aromatic nitrogens is 1. The van der Waals surface area contributed by atoms with Gasteiger partial charge in [0.05, 0.1) is 0 Å². The lowest BCUT2D eigenvalue weighted by atomic mass is 9.93. The Hall–Kier alpha value is -0.560. The van der Waals surface area contributed by atoms with Crippen LogP contribution in [0.15, 0.2) is 24.4 Å². The number of hydrogen-bond acceptors (Lipinski definition) is 1. The molecule has 1 aromatic heterocycles. The molecule has 0 saturated heterocycles. The number of rotatable bonds is 3. The molecule has 1 heterocycles. The van der Waals surface area contributed by atoms with Gasteiger partial charge in [-0.1, -0.05) is 31.7 Å². The Bertz CT molecular complexity index is 291. The molecule has 0 radical (unpaired) electrons. The molecule has 1 nitrogen and oxygen atoms in total. The Morgan fingerprint density at radius 3 is 2.56 bits per heavy atom. The van der Waals surface area contributed by atoms with Crippen molar-refractivity contribution in [2.24, 2.45) is 5.92 Å². The Balaban J connectivity index is 1.89. The second-order valence-corrected chi connectivity index (χ2v) is 5.35. The molecule has 0 spiro atoms. The van der Waals surface area contributed by atoms with Crippen LogP contribution in [0.5, 0.6) is 0 Å². The second kappa shape index (κ2) is 6.24. The number of halogens is 1. The molecule has 2 heteroatoms. The van der Waals surface area contributed by atoms with Crippen molar-refractivity contribution >= 4 is 11.6 Å². The summed E-state index contributed by atoms with van der Waals surface area (Å²) < 4.78 is 0. The molecule has 0 amide bonds. The van der Waals surface area contributed by atoms with Gasteiger partial charge in [0.1, 0.15) is 0 Å². The van der Waals surface area contributed by atoms with E-state index in [9.17, 15) is 0 Å². The smallest absolute Gasteiger partial charge is 0.0419 e. The van der Waals surface area contributed by atoms with Gasteiger partial charge in [-0.3, -0.25) is 4.98 Å². The predicted octanol–water partition coefficient (Wildman–Crippen LogP) is 4.20. The topological polar surface area (TPSA) is 12.9 Å². The summed E-state index contributed by atoms with van der Waals surface area (Å²) in [6, 6.07) is 6.07. The first-order valence-electron chi connectivity index (χ1n) is 6.40. The average Bonchev–Trinajstić information content (AvgIpc) is 2.59. The molecule has 2 rings (SSSR count). The molecule has 0 N–H and O–H groups in total. The Kier molecular flexibility index (Phi) is 4.65. The van der Waals surface area contributed by atoms with Crippen LogP contribution in [0.2, 0.25) is 0 Å². The van der Waals surface area contributed by atoms with Gasteiger partial charge in [-0.15, -0.1) is 11.6 Å². The molecule has 1 aliphatic rings. The van der Waals surface area contributed by atoms with E-state index in [1.165, 1.54) is 38.5 Å².